The van der Waals surface area contributed by atoms with Crippen LogP contribution in [-0.4, -0.2) is 13.4 Å². The lowest BCUT2D eigenvalue weighted by atomic mass is 10.3. The summed E-state index contributed by atoms with van der Waals surface area (Å²) in [5.74, 6) is -0.273. The molecule has 0 aliphatic carbocycles. The monoisotopic (exact) mass is 377 g/mol. The highest BCUT2D eigenvalue weighted by Crippen LogP contribution is 2.24. The van der Waals surface area contributed by atoms with E-state index >= 15 is 0 Å². The number of anilines is 3. The van der Waals surface area contributed by atoms with Gasteiger partial charge in [0.15, 0.2) is 0 Å². The lowest BCUT2D eigenvalue weighted by molar-refractivity contribution is 0.601. The van der Waals surface area contributed by atoms with Crippen LogP contribution in [-0.2, 0) is 10.0 Å². The van der Waals surface area contributed by atoms with Gasteiger partial charge in [-0.05, 0) is 36.4 Å². The van der Waals surface area contributed by atoms with E-state index in [0.29, 0.717) is 11.4 Å². The maximum atomic E-state index is 13.6. The van der Waals surface area contributed by atoms with Gasteiger partial charge < -0.3 is 5.32 Å². The smallest absolute Gasteiger partial charge is 0.264 e. The van der Waals surface area contributed by atoms with Crippen molar-refractivity contribution in [2.75, 3.05) is 10.0 Å². The van der Waals surface area contributed by atoms with Crippen molar-refractivity contribution in [3.63, 3.8) is 0 Å². The Morgan fingerprint density at radius 2 is 1.68 bits per heavy atom. The van der Waals surface area contributed by atoms with Crippen LogP contribution in [0.4, 0.5) is 21.6 Å². The second-order valence-electron chi connectivity index (χ2n) is 5.07. The molecule has 0 atom stereocenters. The number of para-hydroxylation sites is 1. The van der Waals surface area contributed by atoms with Gasteiger partial charge in [-0.2, -0.15) is 0 Å². The number of nitrogens with zero attached hydrogens (tertiary/aromatic N) is 1. The third-order valence-electron chi connectivity index (χ3n) is 3.28. The number of hydrogen-bond donors (Lipinski definition) is 2. The molecule has 128 valence electrons. The normalized spacial score (nSPS) is 11.1. The van der Waals surface area contributed by atoms with E-state index in [9.17, 15) is 12.8 Å². The lowest BCUT2D eigenvalue weighted by Gasteiger charge is -2.10. The van der Waals surface area contributed by atoms with E-state index in [-0.39, 0.29) is 15.7 Å². The van der Waals surface area contributed by atoms with Gasteiger partial charge in [0, 0.05) is 0 Å². The van der Waals surface area contributed by atoms with Crippen molar-refractivity contribution in [1.82, 2.24) is 4.98 Å². The largest absolute Gasteiger partial charge is 0.352 e. The predicted octanol–water partition coefficient (Wildman–Crippen LogP) is 4.42. The van der Waals surface area contributed by atoms with Crippen LogP contribution in [0.2, 0.25) is 5.02 Å². The van der Waals surface area contributed by atoms with Gasteiger partial charge in [-0.3, -0.25) is 4.72 Å². The predicted molar refractivity (Wildman–Crippen MR) is 96.2 cm³/mol. The number of pyridine rings is 1. The first kappa shape index (κ1) is 17.2. The molecule has 0 spiro atoms. The number of sulfonamides is 1. The third-order valence-corrected chi connectivity index (χ3v) is 5.14. The Bertz CT molecular complexity index is 995. The molecule has 0 amide bonds. The zero-order valence-electron chi connectivity index (χ0n) is 12.8. The van der Waals surface area contributed by atoms with Crippen LogP contribution in [0.1, 0.15) is 0 Å². The molecule has 0 aliphatic rings. The average molecular weight is 378 g/mol. The van der Waals surface area contributed by atoms with Crippen molar-refractivity contribution in [3.8, 4) is 0 Å². The Kier molecular flexibility index (Phi) is 4.87. The molecule has 5 nitrogen and oxygen atoms in total. The summed E-state index contributed by atoms with van der Waals surface area (Å²) in [6.07, 6.45) is 1.40. The van der Waals surface area contributed by atoms with Gasteiger partial charge in [-0.25, -0.2) is 17.8 Å². The first-order chi connectivity index (χ1) is 12.0. The molecule has 0 saturated carbocycles. The fourth-order valence-corrected chi connectivity index (χ4v) is 3.63. The molecule has 3 rings (SSSR count). The number of halogens is 2. The minimum absolute atomic E-state index is 0.0352. The quantitative estimate of drug-likeness (QED) is 0.690. The summed E-state index contributed by atoms with van der Waals surface area (Å²) in [6.45, 7) is 0. The van der Waals surface area contributed by atoms with E-state index in [0.717, 1.165) is 0 Å². The van der Waals surface area contributed by atoms with Crippen LogP contribution < -0.4 is 10.0 Å². The van der Waals surface area contributed by atoms with Crippen LogP contribution in [0.3, 0.4) is 0 Å². The minimum Gasteiger partial charge on any atom is -0.352 e. The van der Waals surface area contributed by atoms with Gasteiger partial charge >= 0.3 is 0 Å². The summed E-state index contributed by atoms with van der Waals surface area (Å²) < 4.78 is 40.7. The van der Waals surface area contributed by atoms with E-state index in [2.05, 4.69) is 15.0 Å². The van der Waals surface area contributed by atoms with Gasteiger partial charge in [0.2, 0.25) is 0 Å². The maximum absolute atomic E-state index is 13.6. The van der Waals surface area contributed by atoms with Crippen molar-refractivity contribution in [2.24, 2.45) is 0 Å². The van der Waals surface area contributed by atoms with Crippen molar-refractivity contribution in [1.29, 1.82) is 0 Å². The van der Waals surface area contributed by atoms with Gasteiger partial charge in [-0.15, -0.1) is 0 Å². The highest BCUT2D eigenvalue weighted by Gasteiger charge is 2.17. The molecule has 8 heteroatoms. The summed E-state index contributed by atoms with van der Waals surface area (Å²) in [6, 6.07) is 15.4. The lowest BCUT2D eigenvalue weighted by Crippen LogP contribution is -2.14. The molecule has 0 aliphatic heterocycles. The first-order valence-corrected chi connectivity index (χ1v) is 9.07. The van der Waals surface area contributed by atoms with E-state index in [1.807, 2.05) is 0 Å². The van der Waals surface area contributed by atoms with Gasteiger partial charge in [0.25, 0.3) is 10.0 Å². The Morgan fingerprint density at radius 3 is 2.36 bits per heavy atom. The SMILES string of the molecule is O=S(=O)(Nc1ccc(Nc2ccccc2F)cn1)c1ccccc1Cl. The zero-order chi connectivity index (χ0) is 17.9. The van der Waals surface area contributed by atoms with Crippen LogP contribution in [0.5, 0.6) is 0 Å². The van der Waals surface area contributed by atoms with E-state index in [4.69, 9.17) is 11.6 Å². The minimum atomic E-state index is -3.85. The molecule has 0 radical (unpaired) electrons. The summed E-state index contributed by atoms with van der Waals surface area (Å²) in [5.41, 5.74) is 0.819. The molecule has 0 saturated heterocycles. The molecular weight excluding hydrogens is 365 g/mol. The zero-order valence-corrected chi connectivity index (χ0v) is 14.4. The maximum Gasteiger partial charge on any atom is 0.264 e. The second kappa shape index (κ2) is 7.08. The van der Waals surface area contributed by atoms with Crippen LogP contribution in [0.25, 0.3) is 0 Å². The summed E-state index contributed by atoms with van der Waals surface area (Å²) in [4.78, 5) is 3.99. The molecule has 1 aromatic heterocycles. The molecule has 2 N–H and O–H groups in total. The highest BCUT2D eigenvalue weighted by molar-refractivity contribution is 7.92. The number of benzene rings is 2. The number of rotatable bonds is 5. The summed E-state index contributed by atoms with van der Waals surface area (Å²) >= 11 is 5.92. The first-order valence-electron chi connectivity index (χ1n) is 7.21. The Labute approximate surface area is 149 Å². The molecule has 25 heavy (non-hydrogen) atoms. The molecule has 0 unspecified atom stereocenters. The van der Waals surface area contributed by atoms with Crippen molar-refractivity contribution in [2.45, 2.75) is 4.90 Å². The Balaban J connectivity index is 1.77. The molecule has 0 fully saturated rings. The second-order valence-corrected chi connectivity index (χ2v) is 7.13. The number of aromatic nitrogens is 1. The van der Waals surface area contributed by atoms with Crippen LogP contribution in [0.15, 0.2) is 71.8 Å². The fourth-order valence-electron chi connectivity index (χ4n) is 2.10. The highest BCUT2D eigenvalue weighted by atomic mass is 35.5. The van der Waals surface area contributed by atoms with Crippen molar-refractivity contribution in [3.05, 3.63) is 77.7 Å². The average Bonchev–Trinajstić information content (AvgIpc) is 2.58. The van der Waals surface area contributed by atoms with Crippen molar-refractivity contribution >= 4 is 38.8 Å². The number of nitrogens with one attached hydrogen (secondary N) is 2. The topological polar surface area (TPSA) is 71.1 Å². The van der Waals surface area contributed by atoms with Gasteiger partial charge in [-0.1, -0.05) is 35.9 Å². The third kappa shape index (κ3) is 4.07. The Hall–Kier alpha value is -2.64. The van der Waals surface area contributed by atoms with Crippen LogP contribution >= 0.6 is 11.6 Å². The molecule has 0 bridgehead atoms. The van der Waals surface area contributed by atoms with Gasteiger partial charge in [0.1, 0.15) is 16.5 Å². The van der Waals surface area contributed by atoms with E-state index < -0.39 is 15.8 Å². The molecule has 1 heterocycles. The molecule has 3 aromatic rings. The summed E-state index contributed by atoms with van der Waals surface area (Å²) in [7, 11) is -3.85. The van der Waals surface area contributed by atoms with E-state index in [1.165, 1.54) is 30.5 Å². The molecular formula is C17H13ClFN3O2S. The van der Waals surface area contributed by atoms with Crippen molar-refractivity contribution < 1.29 is 12.8 Å². The summed E-state index contributed by atoms with van der Waals surface area (Å²) in [5, 5.41) is 2.99. The van der Waals surface area contributed by atoms with Gasteiger partial charge in [0.05, 0.1) is 22.6 Å². The number of hydrogen-bond acceptors (Lipinski definition) is 4. The fraction of sp³-hybridized carbons (Fsp3) is 0. The van der Waals surface area contributed by atoms with E-state index in [1.54, 1.807) is 36.4 Å². The standard InChI is InChI=1S/C17H13ClFN3O2S/c18-13-5-1-4-8-16(13)25(23,24)22-17-10-9-12(11-20-17)21-15-7-3-2-6-14(15)19/h1-11,21H,(H,20,22). The van der Waals surface area contributed by atoms with Crippen LogP contribution in [0, 0.1) is 5.82 Å². The Morgan fingerprint density at radius 1 is 0.960 bits per heavy atom. The molecule has 2 aromatic carbocycles.